The summed E-state index contributed by atoms with van der Waals surface area (Å²) in [4.78, 5) is 4.18. The summed E-state index contributed by atoms with van der Waals surface area (Å²) in [5.41, 5.74) is 5.42. The van der Waals surface area contributed by atoms with Crippen LogP contribution in [-0.2, 0) is 9.47 Å². The van der Waals surface area contributed by atoms with Gasteiger partial charge in [0.25, 0.3) is 5.91 Å². The van der Waals surface area contributed by atoms with Gasteiger partial charge in [0, 0.05) is 20.1 Å². The molecule has 3 atom stereocenters. The molecule has 6 nitrogen and oxygen atoms in total. The van der Waals surface area contributed by atoms with Gasteiger partial charge in [0.15, 0.2) is 5.41 Å². The molecule has 1 saturated carbocycles. The predicted molar refractivity (Wildman–Crippen MR) is 78.4 cm³/mol. The van der Waals surface area contributed by atoms with E-state index in [0.717, 1.165) is 11.1 Å². The Morgan fingerprint density at radius 3 is 2.32 bits per heavy atom. The van der Waals surface area contributed by atoms with Crippen molar-refractivity contribution in [1.29, 1.82) is 10.5 Å². The quantitative estimate of drug-likeness (QED) is 0.849. The van der Waals surface area contributed by atoms with Crippen molar-refractivity contribution in [3.8, 4) is 12.1 Å². The minimum atomic E-state index is -1.56. The number of hydrogen-bond donors (Lipinski definition) is 1. The highest BCUT2D eigenvalue weighted by atomic mass is 16.7. The van der Waals surface area contributed by atoms with Crippen molar-refractivity contribution in [3.05, 3.63) is 35.4 Å². The van der Waals surface area contributed by atoms with Crippen molar-refractivity contribution in [1.82, 2.24) is 0 Å². The van der Waals surface area contributed by atoms with Crippen LogP contribution in [0.5, 0.6) is 0 Å². The van der Waals surface area contributed by atoms with Crippen LogP contribution < -0.4 is 5.73 Å². The molecule has 0 aromatic heterocycles. The number of rotatable bonds is 3. The van der Waals surface area contributed by atoms with E-state index in [1.54, 1.807) is 0 Å². The lowest BCUT2D eigenvalue weighted by Gasteiger charge is -2.29. The highest BCUT2D eigenvalue weighted by Crippen LogP contribution is 2.82. The van der Waals surface area contributed by atoms with Gasteiger partial charge >= 0.3 is 0 Å². The monoisotopic (exact) mass is 296 g/mol. The second-order valence-electron chi connectivity index (χ2n) is 5.62. The Bertz CT molecular complexity index is 756. The zero-order chi connectivity index (χ0) is 16.2. The molecular formula is C16H16N4O2. The molecule has 1 fully saturated rings. The Kier molecular flexibility index (Phi) is 2.84. The molecular weight excluding hydrogens is 280 g/mol. The second kappa shape index (κ2) is 4.30. The van der Waals surface area contributed by atoms with Crippen molar-refractivity contribution in [2.75, 3.05) is 14.2 Å². The van der Waals surface area contributed by atoms with Gasteiger partial charge in [-0.05, 0) is 18.1 Å². The van der Waals surface area contributed by atoms with Crippen LogP contribution in [0.15, 0.2) is 29.3 Å². The number of amidine groups is 1. The van der Waals surface area contributed by atoms with Gasteiger partial charge in [-0.15, -0.1) is 0 Å². The first-order valence-corrected chi connectivity index (χ1v) is 6.85. The molecule has 112 valence electrons. The molecule has 2 aliphatic rings. The summed E-state index contributed by atoms with van der Waals surface area (Å²) in [5, 5.41) is 19.7. The van der Waals surface area contributed by atoms with Gasteiger partial charge in [0.05, 0.1) is 12.1 Å². The number of ether oxygens (including phenoxy) is 2. The predicted octanol–water partition coefficient (Wildman–Crippen LogP) is 1.43. The largest absolute Gasteiger partial charge is 0.386 e. The van der Waals surface area contributed by atoms with Crippen LogP contribution in [0, 0.1) is 40.4 Å². The molecule has 22 heavy (non-hydrogen) atoms. The topological polar surface area (TPSA) is 104 Å². The zero-order valence-electron chi connectivity index (χ0n) is 12.6. The number of aliphatic imine (C=N–C) groups is 1. The fourth-order valence-electron chi connectivity index (χ4n) is 3.90. The maximum absolute atomic E-state index is 9.91. The van der Waals surface area contributed by atoms with Crippen LogP contribution in [0.4, 0.5) is 0 Å². The molecule has 0 radical (unpaired) electrons. The number of benzene rings is 1. The summed E-state index contributed by atoms with van der Waals surface area (Å²) in [6, 6.07) is 12.1. The van der Waals surface area contributed by atoms with E-state index in [9.17, 15) is 10.5 Å². The molecule has 0 saturated heterocycles. The third kappa shape index (κ3) is 1.20. The van der Waals surface area contributed by atoms with Crippen molar-refractivity contribution >= 4 is 5.84 Å². The molecule has 1 aliphatic heterocycles. The van der Waals surface area contributed by atoms with E-state index in [-0.39, 0.29) is 5.84 Å². The molecule has 1 aromatic rings. The number of methoxy groups -OCH3 is 2. The highest BCUT2D eigenvalue weighted by molar-refractivity contribution is 6.00. The van der Waals surface area contributed by atoms with Crippen LogP contribution in [0.3, 0.4) is 0 Å². The fourth-order valence-corrected chi connectivity index (χ4v) is 3.90. The van der Waals surface area contributed by atoms with E-state index in [1.807, 2.05) is 31.2 Å². The van der Waals surface area contributed by atoms with Gasteiger partial charge in [0.2, 0.25) is 0 Å². The lowest BCUT2D eigenvalue weighted by Crippen LogP contribution is -2.41. The van der Waals surface area contributed by atoms with Gasteiger partial charge in [-0.25, -0.2) is 4.99 Å². The Balaban J connectivity index is 2.29. The van der Waals surface area contributed by atoms with E-state index < -0.39 is 22.7 Å². The van der Waals surface area contributed by atoms with E-state index >= 15 is 0 Å². The molecule has 1 aromatic carbocycles. The van der Waals surface area contributed by atoms with Gasteiger partial charge in [-0.1, -0.05) is 24.3 Å². The summed E-state index contributed by atoms with van der Waals surface area (Å²) in [6.07, 6.45) is 0. The summed E-state index contributed by atoms with van der Waals surface area (Å²) < 4.78 is 10.8. The molecule has 0 unspecified atom stereocenters. The average molecular weight is 296 g/mol. The first-order chi connectivity index (χ1) is 10.5. The minimum Gasteiger partial charge on any atom is -0.386 e. The van der Waals surface area contributed by atoms with Gasteiger partial charge in [-0.2, -0.15) is 10.5 Å². The van der Waals surface area contributed by atoms with Crippen LogP contribution in [-0.4, -0.2) is 26.0 Å². The van der Waals surface area contributed by atoms with Crippen molar-refractivity contribution in [2.24, 2.45) is 21.6 Å². The lowest BCUT2D eigenvalue weighted by atomic mass is 9.93. The number of nitrogens with two attached hydrogens (primary N) is 1. The second-order valence-corrected chi connectivity index (χ2v) is 5.62. The highest BCUT2D eigenvalue weighted by Gasteiger charge is 2.93. The number of aryl methyl sites for hydroxylation is 1. The number of nitriles is 2. The number of nitrogens with zero attached hydrogens (tertiary/aromatic N) is 3. The standard InChI is InChI=1S/C16H16N4O2/c1-10-6-4-5-7-11(10)12-14(8-17)13(19)20-16(21-2,22-3)15(12,14)9-18/h4-7,12H,1-3H3,(H2,19,20)/t12-,14+,15+/m0/s1. The third-order valence-corrected chi connectivity index (χ3v) is 4.98. The molecule has 1 heterocycles. The minimum absolute atomic E-state index is 0.0912. The lowest BCUT2D eigenvalue weighted by molar-refractivity contribution is -0.230. The molecule has 6 heteroatoms. The zero-order valence-corrected chi connectivity index (χ0v) is 12.6. The van der Waals surface area contributed by atoms with Crippen LogP contribution in [0.1, 0.15) is 17.0 Å². The van der Waals surface area contributed by atoms with Crippen molar-refractivity contribution in [2.45, 2.75) is 18.8 Å². The summed E-state index contributed by atoms with van der Waals surface area (Å²) >= 11 is 0. The molecule has 0 amide bonds. The van der Waals surface area contributed by atoms with Crippen LogP contribution >= 0.6 is 0 Å². The Hall–Kier alpha value is -2.41. The number of fused-ring (bicyclic) bond motifs is 1. The average Bonchev–Trinajstić information content (AvgIpc) is 3.10. The first-order valence-electron chi connectivity index (χ1n) is 6.85. The van der Waals surface area contributed by atoms with Gasteiger partial charge in [-0.3, -0.25) is 0 Å². The molecule has 1 aliphatic carbocycles. The smallest absolute Gasteiger partial charge is 0.292 e. The Morgan fingerprint density at radius 2 is 1.82 bits per heavy atom. The Labute approximate surface area is 128 Å². The Morgan fingerprint density at radius 1 is 1.18 bits per heavy atom. The SMILES string of the molecule is COC1(OC)N=C(N)[C@@]2(C#N)[C@H](c3ccccc3C)[C@@]12C#N. The van der Waals surface area contributed by atoms with E-state index in [2.05, 4.69) is 17.1 Å². The van der Waals surface area contributed by atoms with Gasteiger partial charge < -0.3 is 15.2 Å². The van der Waals surface area contributed by atoms with Crippen LogP contribution in [0.2, 0.25) is 0 Å². The number of hydrogen-bond acceptors (Lipinski definition) is 6. The third-order valence-electron chi connectivity index (χ3n) is 4.98. The summed E-state index contributed by atoms with van der Waals surface area (Å²) in [5.74, 6) is -1.91. The van der Waals surface area contributed by atoms with Gasteiger partial charge in [0.1, 0.15) is 11.3 Å². The van der Waals surface area contributed by atoms with E-state index in [0.29, 0.717) is 0 Å². The molecule has 3 rings (SSSR count). The molecule has 0 bridgehead atoms. The van der Waals surface area contributed by atoms with Crippen molar-refractivity contribution < 1.29 is 9.47 Å². The summed E-state index contributed by atoms with van der Waals surface area (Å²) in [6.45, 7) is 1.94. The fraction of sp³-hybridized carbons (Fsp3) is 0.438. The molecule has 2 N–H and O–H groups in total. The first kappa shape index (κ1) is 14.5. The van der Waals surface area contributed by atoms with Crippen LogP contribution in [0.25, 0.3) is 0 Å². The normalized spacial score (nSPS) is 34.2. The van der Waals surface area contributed by atoms with E-state index in [4.69, 9.17) is 15.2 Å². The van der Waals surface area contributed by atoms with Crippen molar-refractivity contribution in [3.63, 3.8) is 0 Å². The van der Waals surface area contributed by atoms with E-state index in [1.165, 1.54) is 14.2 Å². The maximum atomic E-state index is 9.91. The molecule has 0 spiro atoms. The summed E-state index contributed by atoms with van der Waals surface area (Å²) in [7, 11) is 2.81. The maximum Gasteiger partial charge on any atom is 0.292 e.